The summed E-state index contributed by atoms with van der Waals surface area (Å²) in [6.45, 7) is 0.0130. The maximum Gasteiger partial charge on any atom is 0.412 e. The number of nitrogens with one attached hydrogen (secondary N) is 1. The first kappa shape index (κ1) is 19.5. The SMILES string of the molecule is O=C(Nc1cccc(Cl)c1)OCC#CCCl.O=S(=O)(O)O. The van der Waals surface area contributed by atoms with Crippen LogP contribution in [0.25, 0.3) is 0 Å². The van der Waals surface area contributed by atoms with E-state index in [4.69, 9.17) is 45.5 Å². The van der Waals surface area contributed by atoms with E-state index in [0.717, 1.165) is 0 Å². The summed E-state index contributed by atoms with van der Waals surface area (Å²) < 4.78 is 36.3. The fourth-order valence-corrected chi connectivity index (χ4v) is 1.20. The second-order valence-electron chi connectivity index (χ2n) is 3.15. The lowest BCUT2D eigenvalue weighted by atomic mass is 10.3. The third-order valence-corrected chi connectivity index (χ3v) is 1.91. The minimum atomic E-state index is -4.67. The lowest BCUT2D eigenvalue weighted by Gasteiger charge is -2.04. The van der Waals surface area contributed by atoms with Gasteiger partial charge in [0, 0.05) is 10.7 Å². The van der Waals surface area contributed by atoms with Crippen LogP contribution < -0.4 is 5.32 Å². The first-order valence-corrected chi connectivity index (χ1v) is 7.44. The molecule has 0 aromatic heterocycles. The number of ether oxygens (including phenoxy) is 1. The highest BCUT2D eigenvalue weighted by Gasteiger charge is 2.01. The average molecular weight is 356 g/mol. The molecule has 3 N–H and O–H groups in total. The van der Waals surface area contributed by atoms with Gasteiger partial charge in [-0.05, 0) is 18.2 Å². The van der Waals surface area contributed by atoms with Crippen molar-refractivity contribution in [2.24, 2.45) is 0 Å². The van der Waals surface area contributed by atoms with Crippen molar-refractivity contribution in [3.05, 3.63) is 29.3 Å². The van der Waals surface area contributed by atoms with Gasteiger partial charge in [0.05, 0.1) is 5.88 Å². The molecule has 0 spiro atoms. The zero-order valence-electron chi connectivity index (χ0n) is 10.4. The fourth-order valence-electron chi connectivity index (χ4n) is 0.920. The second kappa shape index (κ2) is 10.3. The van der Waals surface area contributed by atoms with E-state index >= 15 is 0 Å². The molecule has 1 rings (SSSR count). The Labute approximate surface area is 131 Å². The number of amides is 1. The summed E-state index contributed by atoms with van der Waals surface area (Å²) in [7, 11) is -4.67. The van der Waals surface area contributed by atoms with Gasteiger partial charge in [0.25, 0.3) is 0 Å². The molecular formula is C11H11Cl2NO6S. The summed E-state index contributed by atoms with van der Waals surface area (Å²) in [4.78, 5) is 11.2. The lowest BCUT2D eigenvalue weighted by molar-refractivity contribution is 0.176. The standard InChI is InChI=1S/C11H9Cl2NO2.H2O4S/c12-6-1-2-7-16-11(15)14-10-5-3-4-9(13)8-10;1-5(2,3)4/h3-5,8H,6-7H2,(H,14,15);(H2,1,2,3,4). The van der Waals surface area contributed by atoms with Gasteiger partial charge in [0.2, 0.25) is 0 Å². The van der Waals surface area contributed by atoms with Crippen molar-refractivity contribution >= 4 is 45.4 Å². The van der Waals surface area contributed by atoms with Crippen molar-refractivity contribution in [1.82, 2.24) is 0 Å². The van der Waals surface area contributed by atoms with Gasteiger partial charge in [-0.25, -0.2) is 4.79 Å². The van der Waals surface area contributed by atoms with Gasteiger partial charge in [0.1, 0.15) is 0 Å². The molecule has 21 heavy (non-hydrogen) atoms. The van der Waals surface area contributed by atoms with Gasteiger partial charge in [-0.15, -0.1) is 11.6 Å². The van der Waals surface area contributed by atoms with Crippen LogP contribution in [0.5, 0.6) is 0 Å². The first-order chi connectivity index (χ1) is 9.72. The lowest BCUT2D eigenvalue weighted by Crippen LogP contribution is -2.13. The van der Waals surface area contributed by atoms with E-state index in [9.17, 15) is 4.79 Å². The predicted molar refractivity (Wildman–Crippen MR) is 79.1 cm³/mol. The Kier molecular flexibility index (Phi) is 9.53. The van der Waals surface area contributed by atoms with Crippen LogP contribution in [-0.4, -0.2) is 36.1 Å². The summed E-state index contributed by atoms with van der Waals surface area (Å²) in [5.41, 5.74) is 0.572. The highest BCUT2D eigenvalue weighted by atomic mass is 35.5. The molecule has 0 atom stereocenters. The average Bonchev–Trinajstić information content (AvgIpc) is 2.32. The first-order valence-electron chi connectivity index (χ1n) is 5.13. The van der Waals surface area contributed by atoms with Gasteiger partial charge >= 0.3 is 16.5 Å². The number of halogens is 2. The van der Waals surface area contributed by atoms with Crippen LogP contribution in [-0.2, 0) is 15.1 Å². The quantitative estimate of drug-likeness (QED) is 0.426. The van der Waals surface area contributed by atoms with Crippen LogP contribution in [0, 0.1) is 11.8 Å². The smallest absolute Gasteiger partial charge is 0.412 e. The number of alkyl halides is 1. The van der Waals surface area contributed by atoms with Crippen LogP contribution in [0.2, 0.25) is 5.02 Å². The maximum absolute atomic E-state index is 11.2. The molecule has 0 aliphatic carbocycles. The Morgan fingerprint density at radius 1 is 1.33 bits per heavy atom. The molecule has 0 radical (unpaired) electrons. The minimum Gasteiger partial charge on any atom is -0.436 e. The fraction of sp³-hybridized carbons (Fsp3) is 0.182. The van der Waals surface area contributed by atoms with E-state index in [1.165, 1.54) is 0 Å². The minimum absolute atomic E-state index is 0.0130. The summed E-state index contributed by atoms with van der Waals surface area (Å²) in [5.74, 6) is 5.36. The van der Waals surface area contributed by atoms with E-state index in [0.29, 0.717) is 10.7 Å². The number of benzene rings is 1. The van der Waals surface area contributed by atoms with Crippen LogP contribution in [0.3, 0.4) is 0 Å². The molecule has 0 aliphatic heterocycles. The van der Waals surface area contributed by atoms with Gasteiger partial charge in [-0.1, -0.05) is 29.5 Å². The summed E-state index contributed by atoms with van der Waals surface area (Å²) in [6.07, 6.45) is -0.578. The predicted octanol–water partition coefficient (Wildman–Crippen LogP) is 2.48. The maximum atomic E-state index is 11.2. The van der Waals surface area contributed by atoms with Crippen molar-refractivity contribution in [3.63, 3.8) is 0 Å². The third kappa shape index (κ3) is 14.7. The van der Waals surface area contributed by atoms with Crippen LogP contribution in [0.4, 0.5) is 10.5 Å². The van der Waals surface area contributed by atoms with E-state index in [2.05, 4.69) is 17.2 Å². The topological polar surface area (TPSA) is 113 Å². The molecule has 10 heteroatoms. The number of rotatable bonds is 2. The molecule has 0 saturated carbocycles. The number of hydrogen-bond donors (Lipinski definition) is 3. The molecule has 0 fully saturated rings. The van der Waals surface area contributed by atoms with Gasteiger partial charge in [-0.3, -0.25) is 14.4 Å². The molecule has 0 bridgehead atoms. The molecule has 0 saturated heterocycles. The van der Waals surface area contributed by atoms with Gasteiger partial charge < -0.3 is 4.74 Å². The summed E-state index contributed by atoms with van der Waals surface area (Å²) in [5, 5.41) is 3.05. The van der Waals surface area contributed by atoms with Crippen LogP contribution >= 0.6 is 23.2 Å². The van der Waals surface area contributed by atoms with E-state index in [-0.39, 0.29) is 12.5 Å². The molecule has 0 heterocycles. The monoisotopic (exact) mass is 355 g/mol. The van der Waals surface area contributed by atoms with E-state index in [1.807, 2.05) is 0 Å². The van der Waals surface area contributed by atoms with Crippen molar-refractivity contribution in [2.45, 2.75) is 0 Å². The third-order valence-electron chi connectivity index (χ3n) is 1.54. The van der Waals surface area contributed by atoms with Crippen LogP contribution in [0.1, 0.15) is 0 Å². The Hall–Kier alpha value is -1.50. The van der Waals surface area contributed by atoms with Crippen LogP contribution in [0.15, 0.2) is 24.3 Å². The molecule has 7 nitrogen and oxygen atoms in total. The second-order valence-corrected chi connectivity index (χ2v) is 4.75. The largest absolute Gasteiger partial charge is 0.436 e. The summed E-state index contributed by atoms with van der Waals surface area (Å²) in [6, 6.07) is 6.76. The van der Waals surface area contributed by atoms with Crippen molar-refractivity contribution in [3.8, 4) is 11.8 Å². The Bertz CT molecular complexity index is 615. The number of carbonyl (C=O) groups excluding carboxylic acids is 1. The molecule has 0 aliphatic rings. The highest BCUT2D eigenvalue weighted by molar-refractivity contribution is 7.79. The Morgan fingerprint density at radius 3 is 2.48 bits per heavy atom. The Morgan fingerprint density at radius 2 is 1.95 bits per heavy atom. The molecule has 116 valence electrons. The molecule has 0 unspecified atom stereocenters. The summed E-state index contributed by atoms with van der Waals surface area (Å²) >= 11 is 11.1. The van der Waals surface area contributed by atoms with Crippen molar-refractivity contribution < 1.29 is 27.1 Å². The van der Waals surface area contributed by atoms with Gasteiger partial charge in [-0.2, -0.15) is 8.42 Å². The zero-order chi connectivity index (χ0) is 16.3. The number of hydrogen-bond acceptors (Lipinski definition) is 4. The van der Waals surface area contributed by atoms with E-state index in [1.54, 1.807) is 24.3 Å². The van der Waals surface area contributed by atoms with Gasteiger partial charge in [0.15, 0.2) is 6.61 Å². The van der Waals surface area contributed by atoms with Crippen molar-refractivity contribution in [1.29, 1.82) is 0 Å². The Balaban J connectivity index is 0.000000690. The van der Waals surface area contributed by atoms with Crippen molar-refractivity contribution in [2.75, 3.05) is 17.8 Å². The molecule has 1 amide bonds. The molecular weight excluding hydrogens is 345 g/mol. The molecule has 1 aromatic rings. The molecule has 1 aromatic carbocycles. The highest BCUT2D eigenvalue weighted by Crippen LogP contribution is 2.14. The number of anilines is 1. The zero-order valence-corrected chi connectivity index (χ0v) is 12.7. The number of carbonyl (C=O) groups is 1. The van der Waals surface area contributed by atoms with E-state index < -0.39 is 16.5 Å². The normalized spacial score (nSPS) is 9.52.